The summed E-state index contributed by atoms with van der Waals surface area (Å²) >= 11 is 0.981. The lowest BCUT2D eigenvalue weighted by atomic mass is 9.88. The second-order valence-electron chi connectivity index (χ2n) is 7.80. The Morgan fingerprint density at radius 2 is 1.57 bits per heavy atom. The maximum absolute atomic E-state index is 13.1. The van der Waals surface area contributed by atoms with Crippen molar-refractivity contribution in [2.75, 3.05) is 18.5 Å². The van der Waals surface area contributed by atoms with Crippen LogP contribution in [0, 0.1) is 6.92 Å². The zero-order valence-electron chi connectivity index (χ0n) is 19.4. The molecule has 0 aliphatic carbocycles. The number of Topliss-reactive ketones (excluding diaryl/α,β-unsaturated/α-hetero) is 1. The standard InChI is InChI=1S/C26H23NO7S/c1-4-32-25(30)21-14(2)23(15(3)28)35-24(21)27-20(29)13-33-26(31)22-16-9-5-7-11-18(16)34-19-12-8-6-10-17(19)22/h5-12,22H,4,13H2,1-3H3,(H,27,29). The molecule has 180 valence electrons. The van der Waals surface area contributed by atoms with Crippen LogP contribution >= 0.6 is 11.3 Å². The summed E-state index contributed by atoms with van der Waals surface area (Å²) in [4.78, 5) is 50.5. The van der Waals surface area contributed by atoms with Crippen molar-refractivity contribution in [1.82, 2.24) is 0 Å². The van der Waals surface area contributed by atoms with E-state index in [2.05, 4.69) is 5.32 Å². The molecule has 3 aromatic rings. The van der Waals surface area contributed by atoms with E-state index in [9.17, 15) is 19.2 Å². The highest BCUT2D eigenvalue weighted by molar-refractivity contribution is 7.18. The van der Waals surface area contributed by atoms with Crippen molar-refractivity contribution in [2.24, 2.45) is 0 Å². The first-order chi connectivity index (χ1) is 16.8. The van der Waals surface area contributed by atoms with Gasteiger partial charge in [-0.1, -0.05) is 36.4 Å². The fourth-order valence-electron chi connectivity index (χ4n) is 3.93. The Morgan fingerprint density at radius 3 is 2.14 bits per heavy atom. The van der Waals surface area contributed by atoms with Crippen LogP contribution in [-0.4, -0.2) is 36.8 Å². The summed E-state index contributed by atoms with van der Waals surface area (Å²) in [7, 11) is 0. The minimum absolute atomic E-state index is 0.119. The van der Waals surface area contributed by atoms with Gasteiger partial charge in [0.25, 0.3) is 5.91 Å². The summed E-state index contributed by atoms with van der Waals surface area (Å²) in [5.41, 5.74) is 1.83. The molecule has 0 saturated carbocycles. The van der Waals surface area contributed by atoms with Gasteiger partial charge in [0.05, 0.1) is 17.0 Å². The highest BCUT2D eigenvalue weighted by Crippen LogP contribution is 2.44. The minimum Gasteiger partial charge on any atom is -0.462 e. The average Bonchev–Trinajstić information content (AvgIpc) is 3.16. The first kappa shape index (κ1) is 24.2. The molecule has 8 nitrogen and oxygen atoms in total. The molecule has 0 radical (unpaired) electrons. The van der Waals surface area contributed by atoms with Gasteiger partial charge in [0.1, 0.15) is 22.4 Å². The molecule has 0 atom stereocenters. The maximum Gasteiger partial charge on any atom is 0.341 e. The number of benzene rings is 2. The molecule has 35 heavy (non-hydrogen) atoms. The van der Waals surface area contributed by atoms with Crippen LogP contribution in [0.3, 0.4) is 0 Å². The molecule has 4 rings (SSSR count). The number of amides is 1. The van der Waals surface area contributed by atoms with E-state index in [1.807, 2.05) is 12.1 Å². The smallest absolute Gasteiger partial charge is 0.341 e. The topological polar surface area (TPSA) is 108 Å². The number of para-hydroxylation sites is 2. The summed E-state index contributed by atoms with van der Waals surface area (Å²) < 4.78 is 16.3. The van der Waals surface area contributed by atoms with E-state index in [1.54, 1.807) is 50.2 Å². The Kier molecular flexibility index (Phi) is 6.97. The fourth-order valence-corrected chi connectivity index (χ4v) is 5.04. The normalized spacial score (nSPS) is 12.1. The van der Waals surface area contributed by atoms with E-state index in [-0.39, 0.29) is 23.0 Å². The first-order valence-electron chi connectivity index (χ1n) is 10.9. The predicted octanol–water partition coefficient (Wildman–Crippen LogP) is 4.86. The molecular weight excluding hydrogens is 470 g/mol. The lowest BCUT2D eigenvalue weighted by molar-refractivity contribution is -0.148. The number of ketones is 1. The molecular formula is C26H23NO7S. The van der Waals surface area contributed by atoms with E-state index in [1.165, 1.54) is 6.92 Å². The van der Waals surface area contributed by atoms with Gasteiger partial charge in [0.2, 0.25) is 0 Å². The summed E-state index contributed by atoms with van der Waals surface area (Å²) in [6, 6.07) is 14.3. The molecule has 2 heterocycles. The van der Waals surface area contributed by atoms with Crippen LogP contribution in [-0.2, 0) is 19.1 Å². The number of carbonyl (C=O) groups is 4. The van der Waals surface area contributed by atoms with E-state index in [0.29, 0.717) is 33.1 Å². The number of fused-ring (bicyclic) bond motifs is 2. The van der Waals surface area contributed by atoms with Crippen molar-refractivity contribution in [1.29, 1.82) is 0 Å². The molecule has 1 aliphatic rings. The molecule has 9 heteroatoms. The molecule has 2 aromatic carbocycles. The van der Waals surface area contributed by atoms with Crippen LogP contribution in [0.1, 0.15) is 56.5 Å². The van der Waals surface area contributed by atoms with Crippen molar-refractivity contribution in [2.45, 2.75) is 26.7 Å². The average molecular weight is 494 g/mol. The molecule has 0 unspecified atom stereocenters. The summed E-state index contributed by atoms with van der Waals surface area (Å²) in [6.07, 6.45) is 0. The molecule has 0 fully saturated rings. The van der Waals surface area contributed by atoms with Gasteiger partial charge in [-0.05, 0) is 38.5 Å². The minimum atomic E-state index is -0.757. The van der Waals surface area contributed by atoms with Crippen molar-refractivity contribution in [3.63, 3.8) is 0 Å². The molecule has 0 saturated heterocycles. The highest BCUT2D eigenvalue weighted by Gasteiger charge is 2.34. The van der Waals surface area contributed by atoms with Crippen LogP contribution in [0.5, 0.6) is 11.5 Å². The second-order valence-corrected chi connectivity index (χ2v) is 8.82. The van der Waals surface area contributed by atoms with Crippen molar-refractivity contribution in [3.05, 3.63) is 75.7 Å². The molecule has 1 aliphatic heterocycles. The molecule has 0 spiro atoms. The number of thiophene rings is 1. The van der Waals surface area contributed by atoms with Crippen LogP contribution in [0.2, 0.25) is 0 Å². The fraction of sp³-hybridized carbons (Fsp3) is 0.231. The van der Waals surface area contributed by atoms with Crippen molar-refractivity contribution >= 4 is 40.0 Å². The zero-order valence-corrected chi connectivity index (χ0v) is 20.2. The van der Waals surface area contributed by atoms with Crippen molar-refractivity contribution in [3.8, 4) is 11.5 Å². The lowest BCUT2D eigenvalue weighted by Gasteiger charge is -2.26. The SMILES string of the molecule is CCOC(=O)c1c(NC(=O)COC(=O)C2c3ccccc3Oc3ccccc32)sc(C(C)=O)c1C. The number of nitrogens with one attached hydrogen (secondary N) is 1. The number of rotatable bonds is 7. The molecule has 1 aromatic heterocycles. The Morgan fingerprint density at radius 1 is 0.971 bits per heavy atom. The Bertz CT molecular complexity index is 1280. The van der Waals surface area contributed by atoms with Gasteiger partial charge < -0.3 is 19.5 Å². The Hall–Kier alpha value is -3.98. The van der Waals surface area contributed by atoms with Crippen LogP contribution in [0.25, 0.3) is 0 Å². The number of carbonyl (C=O) groups excluding carboxylic acids is 4. The number of ether oxygens (including phenoxy) is 3. The van der Waals surface area contributed by atoms with Crippen LogP contribution in [0.15, 0.2) is 48.5 Å². The summed E-state index contributed by atoms with van der Waals surface area (Å²) in [5, 5.41) is 2.76. The monoisotopic (exact) mass is 493 g/mol. The van der Waals surface area contributed by atoms with E-state index >= 15 is 0 Å². The number of hydrogen-bond donors (Lipinski definition) is 1. The third-order valence-corrected chi connectivity index (χ3v) is 6.77. The summed E-state index contributed by atoms with van der Waals surface area (Å²) in [6.45, 7) is 4.23. The van der Waals surface area contributed by atoms with Gasteiger partial charge in [0, 0.05) is 11.1 Å². The predicted molar refractivity (Wildman–Crippen MR) is 129 cm³/mol. The molecule has 1 amide bonds. The quantitative estimate of drug-likeness (QED) is 0.370. The van der Waals surface area contributed by atoms with Gasteiger partial charge in [-0.25, -0.2) is 4.79 Å². The van der Waals surface area contributed by atoms with Gasteiger partial charge in [0.15, 0.2) is 12.4 Å². The lowest BCUT2D eigenvalue weighted by Crippen LogP contribution is -2.26. The maximum atomic E-state index is 13.1. The Balaban J connectivity index is 1.52. The summed E-state index contributed by atoms with van der Waals surface area (Å²) in [5.74, 6) is -1.80. The van der Waals surface area contributed by atoms with Gasteiger partial charge in [-0.3, -0.25) is 14.4 Å². The molecule has 1 N–H and O–H groups in total. The number of hydrogen-bond acceptors (Lipinski definition) is 8. The van der Waals surface area contributed by atoms with Gasteiger partial charge >= 0.3 is 11.9 Å². The highest BCUT2D eigenvalue weighted by atomic mass is 32.1. The van der Waals surface area contributed by atoms with E-state index in [0.717, 1.165) is 11.3 Å². The van der Waals surface area contributed by atoms with E-state index in [4.69, 9.17) is 14.2 Å². The second kappa shape index (κ2) is 10.1. The third-order valence-electron chi connectivity index (χ3n) is 5.46. The van der Waals surface area contributed by atoms with E-state index < -0.39 is 30.4 Å². The van der Waals surface area contributed by atoms with Crippen LogP contribution < -0.4 is 10.1 Å². The van der Waals surface area contributed by atoms with Gasteiger partial charge in [-0.15, -0.1) is 11.3 Å². The van der Waals surface area contributed by atoms with Gasteiger partial charge in [-0.2, -0.15) is 0 Å². The number of anilines is 1. The first-order valence-corrected chi connectivity index (χ1v) is 11.8. The largest absolute Gasteiger partial charge is 0.462 e. The number of esters is 2. The third kappa shape index (κ3) is 4.81. The molecule has 0 bridgehead atoms. The Labute approximate surface area is 205 Å². The van der Waals surface area contributed by atoms with Crippen molar-refractivity contribution < 1.29 is 33.4 Å². The zero-order chi connectivity index (χ0) is 25.1. The van der Waals surface area contributed by atoms with Crippen LogP contribution in [0.4, 0.5) is 5.00 Å².